The number of hydrogen-bond acceptors (Lipinski definition) is 3. The highest BCUT2D eigenvalue weighted by Gasteiger charge is 2.33. The number of nitrogens with one attached hydrogen (secondary N) is 1. The van der Waals surface area contributed by atoms with Crippen LogP contribution in [-0.2, 0) is 9.59 Å². The zero-order chi connectivity index (χ0) is 12.0. The molecule has 1 aliphatic carbocycles. The molecule has 0 bridgehead atoms. The standard InChI is InChI=1S/C11H19NO4/c13-8-11(5-1-2-6-11)7-12-9(14)3-4-10(15)16/h13H,1-8H2,(H,12,14)(H,15,16). The molecule has 0 aromatic carbocycles. The minimum absolute atomic E-state index is 0.0108. The van der Waals surface area contributed by atoms with Crippen LogP contribution >= 0.6 is 0 Å². The molecule has 92 valence electrons. The zero-order valence-corrected chi connectivity index (χ0v) is 9.37. The lowest BCUT2D eigenvalue weighted by Crippen LogP contribution is -2.38. The summed E-state index contributed by atoms with van der Waals surface area (Å²) in [5.74, 6) is -1.21. The first-order valence-electron chi connectivity index (χ1n) is 5.67. The second-order valence-corrected chi connectivity index (χ2v) is 4.54. The summed E-state index contributed by atoms with van der Waals surface area (Å²) in [6, 6.07) is 0. The Kier molecular flexibility index (Phi) is 4.73. The number of carboxylic acid groups (broad SMARTS) is 1. The van der Waals surface area contributed by atoms with Crippen molar-refractivity contribution in [1.82, 2.24) is 5.32 Å². The maximum absolute atomic E-state index is 11.3. The molecule has 0 aromatic heterocycles. The fraction of sp³-hybridized carbons (Fsp3) is 0.818. The molecule has 1 saturated carbocycles. The lowest BCUT2D eigenvalue weighted by atomic mass is 9.87. The molecule has 0 atom stereocenters. The van der Waals surface area contributed by atoms with E-state index < -0.39 is 5.97 Å². The van der Waals surface area contributed by atoms with E-state index in [0.717, 1.165) is 25.7 Å². The zero-order valence-electron chi connectivity index (χ0n) is 9.37. The third-order valence-electron chi connectivity index (χ3n) is 3.23. The van der Waals surface area contributed by atoms with Crippen molar-refractivity contribution in [2.75, 3.05) is 13.2 Å². The summed E-state index contributed by atoms with van der Waals surface area (Å²) in [4.78, 5) is 21.6. The van der Waals surface area contributed by atoms with Crippen LogP contribution in [0.4, 0.5) is 0 Å². The van der Waals surface area contributed by atoms with Gasteiger partial charge in [-0.25, -0.2) is 0 Å². The van der Waals surface area contributed by atoms with Crippen molar-refractivity contribution in [1.29, 1.82) is 0 Å². The Bertz CT molecular complexity index is 259. The molecule has 1 rings (SSSR count). The van der Waals surface area contributed by atoms with E-state index in [0.29, 0.717) is 6.54 Å². The molecular formula is C11H19NO4. The van der Waals surface area contributed by atoms with Crippen LogP contribution in [0.3, 0.4) is 0 Å². The van der Waals surface area contributed by atoms with Crippen molar-refractivity contribution in [2.24, 2.45) is 5.41 Å². The largest absolute Gasteiger partial charge is 0.481 e. The van der Waals surface area contributed by atoms with Crippen molar-refractivity contribution in [2.45, 2.75) is 38.5 Å². The van der Waals surface area contributed by atoms with Gasteiger partial charge in [-0.05, 0) is 12.8 Å². The van der Waals surface area contributed by atoms with Crippen LogP contribution in [0.25, 0.3) is 0 Å². The lowest BCUT2D eigenvalue weighted by Gasteiger charge is -2.26. The van der Waals surface area contributed by atoms with Crippen LogP contribution in [0.1, 0.15) is 38.5 Å². The van der Waals surface area contributed by atoms with Gasteiger partial charge in [0.05, 0.1) is 13.0 Å². The second kappa shape index (κ2) is 5.84. The number of amides is 1. The number of hydrogen-bond donors (Lipinski definition) is 3. The first-order valence-corrected chi connectivity index (χ1v) is 5.67. The van der Waals surface area contributed by atoms with Gasteiger partial charge in [0.1, 0.15) is 0 Å². The van der Waals surface area contributed by atoms with Crippen molar-refractivity contribution in [3.8, 4) is 0 Å². The van der Waals surface area contributed by atoms with Gasteiger partial charge >= 0.3 is 5.97 Å². The van der Waals surface area contributed by atoms with Gasteiger partial charge in [0.25, 0.3) is 0 Å². The van der Waals surface area contributed by atoms with Gasteiger partial charge in [0, 0.05) is 18.4 Å². The molecule has 0 spiro atoms. The van der Waals surface area contributed by atoms with E-state index in [1.54, 1.807) is 0 Å². The molecule has 0 radical (unpaired) electrons. The minimum Gasteiger partial charge on any atom is -0.481 e. The first kappa shape index (κ1) is 13.0. The molecular weight excluding hydrogens is 210 g/mol. The highest BCUT2D eigenvalue weighted by Crippen LogP contribution is 2.36. The van der Waals surface area contributed by atoms with Gasteiger partial charge in [-0.1, -0.05) is 12.8 Å². The van der Waals surface area contributed by atoms with Crippen LogP contribution in [-0.4, -0.2) is 35.2 Å². The molecule has 3 N–H and O–H groups in total. The Labute approximate surface area is 94.8 Å². The van der Waals surface area contributed by atoms with Crippen LogP contribution in [0.5, 0.6) is 0 Å². The Balaban J connectivity index is 2.27. The van der Waals surface area contributed by atoms with Gasteiger partial charge in [0.2, 0.25) is 5.91 Å². The molecule has 5 nitrogen and oxygen atoms in total. The van der Waals surface area contributed by atoms with E-state index in [1.165, 1.54) is 0 Å². The normalized spacial score (nSPS) is 18.3. The highest BCUT2D eigenvalue weighted by molar-refractivity contribution is 5.80. The Hall–Kier alpha value is -1.10. The van der Waals surface area contributed by atoms with Crippen LogP contribution in [0, 0.1) is 5.41 Å². The molecule has 0 saturated heterocycles. The number of aliphatic hydroxyl groups excluding tert-OH is 1. The Morgan fingerprint density at radius 1 is 1.19 bits per heavy atom. The maximum Gasteiger partial charge on any atom is 0.303 e. The summed E-state index contributed by atoms with van der Waals surface area (Å²) in [6.07, 6.45) is 3.91. The van der Waals surface area contributed by atoms with Crippen LogP contribution in [0.15, 0.2) is 0 Å². The average molecular weight is 229 g/mol. The molecule has 5 heteroatoms. The molecule has 0 unspecified atom stereocenters. The molecule has 1 amide bonds. The minimum atomic E-state index is -0.965. The van der Waals surface area contributed by atoms with Gasteiger partial charge in [-0.15, -0.1) is 0 Å². The van der Waals surface area contributed by atoms with Crippen LogP contribution in [0.2, 0.25) is 0 Å². The Morgan fingerprint density at radius 2 is 1.81 bits per heavy atom. The van der Waals surface area contributed by atoms with Crippen molar-refractivity contribution < 1.29 is 19.8 Å². The predicted octanol–water partition coefficient (Wildman–Crippen LogP) is 0.520. The summed E-state index contributed by atoms with van der Waals surface area (Å²) in [5, 5.41) is 20.4. The van der Waals surface area contributed by atoms with Gasteiger partial charge in [-0.3, -0.25) is 9.59 Å². The average Bonchev–Trinajstić information content (AvgIpc) is 2.73. The summed E-state index contributed by atoms with van der Waals surface area (Å²) < 4.78 is 0. The van der Waals surface area contributed by atoms with E-state index in [2.05, 4.69) is 5.32 Å². The fourth-order valence-corrected chi connectivity index (χ4v) is 2.11. The van der Waals surface area contributed by atoms with E-state index in [-0.39, 0.29) is 30.8 Å². The van der Waals surface area contributed by atoms with Crippen molar-refractivity contribution >= 4 is 11.9 Å². The summed E-state index contributed by atoms with van der Waals surface area (Å²) in [6.45, 7) is 0.550. The van der Waals surface area contributed by atoms with Gasteiger partial charge in [-0.2, -0.15) is 0 Å². The van der Waals surface area contributed by atoms with Crippen molar-refractivity contribution in [3.05, 3.63) is 0 Å². The number of aliphatic carboxylic acids is 1. The number of carboxylic acids is 1. The monoisotopic (exact) mass is 229 g/mol. The topological polar surface area (TPSA) is 86.6 Å². The maximum atomic E-state index is 11.3. The van der Waals surface area contributed by atoms with Crippen molar-refractivity contribution in [3.63, 3.8) is 0 Å². The SMILES string of the molecule is O=C(O)CCC(=O)NCC1(CO)CCCC1. The van der Waals surface area contributed by atoms with Crippen LogP contribution < -0.4 is 5.32 Å². The summed E-state index contributed by atoms with van der Waals surface area (Å²) >= 11 is 0. The number of rotatable bonds is 6. The third kappa shape index (κ3) is 3.81. The van der Waals surface area contributed by atoms with E-state index in [4.69, 9.17) is 5.11 Å². The number of aliphatic hydroxyl groups is 1. The number of carbonyl (C=O) groups is 2. The molecule has 0 aliphatic heterocycles. The molecule has 16 heavy (non-hydrogen) atoms. The van der Waals surface area contributed by atoms with E-state index in [9.17, 15) is 14.7 Å². The fourth-order valence-electron chi connectivity index (χ4n) is 2.11. The van der Waals surface area contributed by atoms with E-state index >= 15 is 0 Å². The molecule has 0 aromatic rings. The lowest BCUT2D eigenvalue weighted by molar-refractivity contribution is -0.138. The van der Waals surface area contributed by atoms with E-state index in [1.807, 2.05) is 0 Å². The Morgan fingerprint density at radius 3 is 2.31 bits per heavy atom. The number of carbonyl (C=O) groups excluding carboxylic acids is 1. The summed E-state index contributed by atoms with van der Waals surface area (Å²) in [7, 11) is 0. The van der Waals surface area contributed by atoms with Gasteiger partial charge in [0.15, 0.2) is 0 Å². The predicted molar refractivity (Wildman–Crippen MR) is 57.9 cm³/mol. The summed E-state index contributed by atoms with van der Waals surface area (Å²) in [5.41, 5.74) is -0.168. The molecule has 1 aliphatic rings. The second-order valence-electron chi connectivity index (χ2n) is 4.54. The smallest absolute Gasteiger partial charge is 0.303 e. The molecule has 1 fully saturated rings. The molecule has 0 heterocycles. The highest BCUT2D eigenvalue weighted by atomic mass is 16.4. The first-order chi connectivity index (χ1) is 7.58. The quantitative estimate of drug-likeness (QED) is 0.619. The van der Waals surface area contributed by atoms with Gasteiger partial charge < -0.3 is 15.5 Å². The third-order valence-corrected chi connectivity index (χ3v) is 3.23.